The zero-order chi connectivity index (χ0) is 26.3. The van der Waals surface area contributed by atoms with Crippen LogP contribution in [-0.2, 0) is 21.2 Å². The first kappa shape index (κ1) is 27.7. The first-order valence-corrected chi connectivity index (χ1v) is 14.2. The summed E-state index contributed by atoms with van der Waals surface area (Å²) in [6, 6.07) is 5.54. The summed E-state index contributed by atoms with van der Waals surface area (Å²) in [4.78, 5) is 24.9. The van der Waals surface area contributed by atoms with E-state index in [1.54, 1.807) is 13.3 Å². The van der Waals surface area contributed by atoms with Crippen LogP contribution in [0.15, 0.2) is 29.2 Å². The molecule has 1 aliphatic heterocycles. The van der Waals surface area contributed by atoms with Gasteiger partial charge < -0.3 is 18.8 Å². The molecule has 198 valence electrons. The maximum absolute atomic E-state index is 12.7. The van der Waals surface area contributed by atoms with E-state index in [1.807, 2.05) is 16.7 Å². The summed E-state index contributed by atoms with van der Waals surface area (Å²) in [6.45, 7) is 3.06. The molecule has 9 nitrogen and oxygen atoms in total. The van der Waals surface area contributed by atoms with Crippen LogP contribution < -0.4 is 19.6 Å². The maximum atomic E-state index is 12.7. The first-order valence-electron chi connectivity index (χ1n) is 12.3. The Morgan fingerprint density at radius 3 is 2.53 bits per heavy atom. The Morgan fingerprint density at radius 1 is 1.11 bits per heavy atom. The molecule has 36 heavy (non-hydrogen) atoms. The molecule has 0 fully saturated rings. The topological polar surface area (TPSA) is 113 Å². The third-order valence-corrected chi connectivity index (χ3v) is 7.18. The maximum Gasteiger partial charge on any atom is 0.343 e. The fourth-order valence-electron chi connectivity index (χ4n) is 4.53. The summed E-state index contributed by atoms with van der Waals surface area (Å²) in [5, 5.41) is 0. The molecule has 0 radical (unpaired) electrons. The number of esters is 1. The number of aryl methyl sites for hydroxylation is 1. The third kappa shape index (κ3) is 6.88. The van der Waals surface area contributed by atoms with Crippen molar-refractivity contribution in [2.75, 3.05) is 33.6 Å². The van der Waals surface area contributed by atoms with E-state index < -0.39 is 16.0 Å². The van der Waals surface area contributed by atoms with E-state index in [0.29, 0.717) is 24.7 Å². The number of carbonyl (C=O) groups excluding carboxylic acids is 1. The van der Waals surface area contributed by atoms with Gasteiger partial charge in [-0.05, 0) is 49.8 Å². The van der Waals surface area contributed by atoms with Crippen molar-refractivity contribution in [3.8, 4) is 22.8 Å². The van der Waals surface area contributed by atoms with E-state index in [2.05, 4.69) is 11.6 Å². The van der Waals surface area contributed by atoms with Crippen molar-refractivity contribution >= 4 is 16.0 Å². The second-order valence-electron chi connectivity index (χ2n) is 9.03. The molecule has 2 heterocycles. The summed E-state index contributed by atoms with van der Waals surface area (Å²) in [5.41, 5.74) is 2.36. The number of ether oxygens (including phenoxy) is 3. The molecule has 0 aliphatic carbocycles. The van der Waals surface area contributed by atoms with Gasteiger partial charge in [0.05, 0.1) is 32.8 Å². The minimum Gasteiger partial charge on any atom is -0.493 e. The van der Waals surface area contributed by atoms with Gasteiger partial charge in [-0.25, -0.2) is 17.9 Å². The molecule has 0 spiro atoms. The number of carbonyl (C=O) groups is 1. The lowest BCUT2D eigenvalue weighted by Gasteiger charge is -2.21. The Hall–Kier alpha value is -2.85. The lowest BCUT2D eigenvalue weighted by molar-refractivity contribution is 0.0598. The van der Waals surface area contributed by atoms with E-state index in [-0.39, 0.29) is 17.0 Å². The number of methoxy groups -OCH3 is 2. The number of nitrogens with zero attached hydrogens (tertiary/aromatic N) is 1. The van der Waals surface area contributed by atoms with E-state index >= 15 is 0 Å². The lowest BCUT2D eigenvalue weighted by atomic mass is 9.99. The molecule has 1 aliphatic rings. The second kappa shape index (κ2) is 12.4. The fourth-order valence-corrected chi connectivity index (χ4v) is 5.05. The van der Waals surface area contributed by atoms with Crippen molar-refractivity contribution in [3.63, 3.8) is 0 Å². The monoisotopic (exact) mass is 520 g/mol. The quantitative estimate of drug-likeness (QED) is 0.335. The number of nitrogens with one attached hydrogen (secondary N) is 1. The summed E-state index contributed by atoms with van der Waals surface area (Å²) < 4.78 is 43.2. The zero-order valence-electron chi connectivity index (χ0n) is 21.5. The minimum atomic E-state index is -3.14. The molecule has 1 atom stereocenters. The highest BCUT2D eigenvalue weighted by molar-refractivity contribution is 7.88. The van der Waals surface area contributed by atoms with E-state index in [0.717, 1.165) is 68.0 Å². The number of hydrogen-bond acceptors (Lipinski definition) is 7. The lowest BCUT2D eigenvalue weighted by Crippen LogP contribution is -2.22. The van der Waals surface area contributed by atoms with Gasteiger partial charge in [0.2, 0.25) is 10.0 Å². The Labute approximate surface area is 212 Å². The summed E-state index contributed by atoms with van der Waals surface area (Å²) in [6.07, 6.45) is 8.74. The predicted molar refractivity (Wildman–Crippen MR) is 138 cm³/mol. The third-order valence-electron chi connectivity index (χ3n) is 6.45. The molecule has 0 amide bonds. The first-order chi connectivity index (χ1) is 17.2. The number of aromatic nitrogens is 1. The summed E-state index contributed by atoms with van der Waals surface area (Å²) in [7, 11) is -0.280. The van der Waals surface area contributed by atoms with Gasteiger partial charge in [0.1, 0.15) is 5.56 Å². The normalized spacial score (nSPS) is 14.9. The standard InChI is InChI=1S/C26H36N2O7S/c1-5-19-11-10-18-14-25(35-13-9-7-6-8-12-27-36(4,31)32)24(33-2)15-20(18)22-16-23(29)21(17-28(19)22)26(30)34-3/h14-17,19,27H,5-13H2,1-4H3. The molecule has 0 saturated heterocycles. The highest BCUT2D eigenvalue weighted by Gasteiger charge is 2.25. The average Bonchev–Trinajstić information content (AvgIpc) is 2.99. The van der Waals surface area contributed by atoms with Gasteiger partial charge >= 0.3 is 5.97 Å². The highest BCUT2D eigenvalue weighted by Crippen LogP contribution is 2.40. The van der Waals surface area contributed by atoms with Gasteiger partial charge in [0.15, 0.2) is 16.9 Å². The minimum absolute atomic E-state index is 0.0298. The molecule has 0 bridgehead atoms. The molecule has 3 rings (SSSR count). The number of fused-ring (bicyclic) bond motifs is 3. The van der Waals surface area contributed by atoms with Crippen LogP contribution in [0.2, 0.25) is 0 Å². The smallest absolute Gasteiger partial charge is 0.343 e. The number of hydrogen-bond donors (Lipinski definition) is 1. The van der Waals surface area contributed by atoms with Crippen LogP contribution in [0.4, 0.5) is 0 Å². The van der Waals surface area contributed by atoms with Gasteiger partial charge in [0.25, 0.3) is 0 Å². The van der Waals surface area contributed by atoms with Gasteiger partial charge in [-0.3, -0.25) is 4.79 Å². The van der Waals surface area contributed by atoms with Crippen molar-refractivity contribution in [3.05, 3.63) is 45.7 Å². The Balaban J connectivity index is 1.77. The largest absolute Gasteiger partial charge is 0.493 e. The van der Waals surface area contributed by atoms with Crippen molar-refractivity contribution in [2.45, 2.75) is 57.9 Å². The van der Waals surface area contributed by atoms with Crippen molar-refractivity contribution < 1.29 is 27.4 Å². The highest BCUT2D eigenvalue weighted by atomic mass is 32.2. The average molecular weight is 521 g/mol. The van der Waals surface area contributed by atoms with Crippen LogP contribution in [-0.4, -0.2) is 52.6 Å². The van der Waals surface area contributed by atoms with Gasteiger partial charge in [-0.1, -0.05) is 19.8 Å². The SMILES string of the molecule is CCC1CCc2cc(OCCCCCCNS(C)(=O)=O)c(OC)cc2-c2cc(=O)c(C(=O)OC)cn21. The van der Waals surface area contributed by atoms with Crippen molar-refractivity contribution in [1.82, 2.24) is 9.29 Å². The Morgan fingerprint density at radius 2 is 1.86 bits per heavy atom. The second-order valence-corrected chi connectivity index (χ2v) is 10.9. The molecule has 1 aromatic carbocycles. The number of unbranched alkanes of at least 4 members (excludes halogenated alkanes) is 3. The Kier molecular flexibility index (Phi) is 9.56. The molecule has 10 heteroatoms. The van der Waals surface area contributed by atoms with Crippen LogP contribution in [0.25, 0.3) is 11.3 Å². The van der Waals surface area contributed by atoms with Crippen molar-refractivity contribution in [1.29, 1.82) is 0 Å². The molecule has 1 unspecified atom stereocenters. The van der Waals surface area contributed by atoms with Gasteiger partial charge in [0, 0.05) is 30.4 Å². The van der Waals surface area contributed by atoms with Crippen LogP contribution in [0.1, 0.15) is 67.4 Å². The van der Waals surface area contributed by atoms with E-state index in [1.165, 1.54) is 13.2 Å². The van der Waals surface area contributed by atoms with Gasteiger partial charge in [-0.2, -0.15) is 0 Å². The summed E-state index contributed by atoms with van der Waals surface area (Å²) in [5.74, 6) is 0.602. The number of sulfonamides is 1. The Bertz CT molecular complexity index is 1240. The number of rotatable bonds is 12. The zero-order valence-corrected chi connectivity index (χ0v) is 22.3. The van der Waals surface area contributed by atoms with Crippen molar-refractivity contribution in [2.24, 2.45) is 0 Å². The molecule has 1 aromatic heterocycles. The molecule has 0 saturated carbocycles. The molecule has 1 N–H and O–H groups in total. The van der Waals surface area contributed by atoms with Crippen LogP contribution in [0.5, 0.6) is 11.5 Å². The molecular weight excluding hydrogens is 484 g/mol. The number of benzene rings is 1. The number of pyridine rings is 1. The summed E-state index contributed by atoms with van der Waals surface area (Å²) >= 11 is 0. The van der Waals surface area contributed by atoms with Crippen LogP contribution in [0, 0.1) is 0 Å². The van der Waals surface area contributed by atoms with Gasteiger partial charge in [-0.15, -0.1) is 0 Å². The van der Waals surface area contributed by atoms with Crippen LogP contribution >= 0.6 is 0 Å². The molecular formula is C26H36N2O7S. The fraction of sp³-hybridized carbons (Fsp3) is 0.538. The van der Waals surface area contributed by atoms with E-state index in [9.17, 15) is 18.0 Å². The van der Waals surface area contributed by atoms with E-state index in [4.69, 9.17) is 14.2 Å². The predicted octanol–water partition coefficient (Wildman–Crippen LogP) is 3.70. The van der Waals surface area contributed by atoms with Crippen LogP contribution in [0.3, 0.4) is 0 Å². The molecule has 2 aromatic rings.